The Hall–Kier alpha value is -2.73. The van der Waals surface area contributed by atoms with Crippen LogP contribution in [0.25, 0.3) is 11.1 Å². The van der Waals surface area contributed by atoms with Gasteiger partial charge < -0.3 is 15.8 Å². The van der Waals surface area contributed by atoms with Gasteiger partial charge in [0, 0.05) is 29.4 Å². The Balaban J connectivity index is 2.14. The Bertz CT molecular complexity index is 835. The minimum Gasteiger partial charge on any atom is -0.465 e. The van der Waals surface area contributed by atoms with Crippen molar-refractivity contribution in [2.24, 2.45) is 11.7 Å². The van der Waals surface area contributed by atoms with Gasteiger partial charge in [0.15, 0.2) is 0 Å². The number of aromatic nitrogens is 1. The number of hydrogen-bond acceptors (Lipinski definition) is 5. The molecule has 6 heteroatoms. The molecule has 1 aromatic carbocycles. The van der Waals surface area contributed by atoms with Gasteiger partial charge in [-0.1, -0.05) is 13.3 Å². The number of amides is 1. The largest absolute Gasteiger partial charge is 0.465 e. The fourth-order valence-corrected chi connectivity index (χ4v) is 3.13. The molecule has 0 saturated carbocycles. The van der Waals surface area contributed by atoms with Gasteiger partial charge in [0.25, 0.3) is 0 Å². The van der Waals surface area contributed by atoms with Crippen molar-refractivity contribution < 1.29 is 14.3 Å². The van der Waals surface area contributed by atoms with Gasteiger partial charge in [-0.3, -0.25) is 9.78 Å². The van der Waals surface area contributed by atoms with Crippen LogP contribution < -0.4 is 11.1 Å². The number of carbonyl (C=O) groups is 2. The standard InChI is InChI=1S/C20H23N3O3/c1-12-4-3-5-16(21)18-11-13(8-9-22-18)15-10-14(20(25)26-2)6-7-17(15)23-19(12)24/h6-12,16H,3-5,21H2,1-2H3,(H,23,24). The summed E-state index contributed by atoms with van der Waals surface area (Å²) in [6.45, 7) is 1.91. The number of fused-ring (bicyclic) bond motifs is 4. The minimum absolute atomic E-state index is 0.0412. The molecule has 6 nitrogen and oxygen atoms in total. The molecule has 2 bridgehead atoms. The normalized spacial score (nSPS) is 20.2. The molecule has 3 N–H and O–H groups in total. The third-order valence-electron chi connectivity index (χ3n) is 4.77. The van der Waals surface area contributed by atoms with E-state index in [4.69, 9.17) is 10.5 Å². The van der Waals surface area contributed by atoms with Gasteiger partial charge >= 0.3 is 5.97 Å². The maximum atomic E-state index is 12.5. The highest BCUT2D eigenvalue weighted by Crippen LogP contribution is 2.32. The molecule has 0 spiro atoms. The van der Waals surface area contributed by atoms with Crippen LogP contribution in [0.1, 0.15) is 48.3 Å². The summed E-state index contributed by atoms with van der Waals surface area (Å²) >= 11 is 0. The molecule has 1 aromatic heterocycles. The van der Waals surface area contributed by atoms with Crippen LogP contribution in [-0.2, 0) is 9.53 Å². The fraction of sp³-hybridized carbons (Fsp3) is 0.350. The second kappa shape index (κ2) is 7.66. The quantitative estimate of drug-likeness (QED) is 0.767. The molecule has 1 aliphatic rings. The SMILES string of the molecule is COC(=O)c1ccc2c(c1)-c1ccnc(c1)C(N)CCCC(C)C(=O)N2. The number of benzene rings is 1. The first-order valence-corrected chi connectivity index (χ1v) is 8.74. The lowest BCUT2D eigenvalue weighted by atomic mass is 9.95. The van der Waals surface area contributed by atoms with Gasteiger partial charge in [-0.25, -0.2) is 4.79 Å². The molecule has 1 amide bonds. The molecular formula is C20H23N3O3. The molecule has 2 aromatic rings. The summed E-state index contributed by atoms with van der Waals surface area (Å²) in [6.07, 6.45) is 4.09. The average Bonchev–Trinajstić information content (AvgIpc) is 2.66. The lowest BCUT2D eigenvalue weighted by Gasteiger charge is -2.19. The molecule has 26 heavy (non-hydrogen) atoms. The molecule has 0 aliphatic carbocycles. The van der Waals surface area contributed by atoms with E-state index < -0.39 is 5.97 Å². The number of methoxy groups -OCH3 is 1. The molecule has 2 heterocycles. The van der Waals surface area contributed by atoms with Gasteiger partial charge in [0.2, 0.25) is 5.91 Å². The van der Waals surface area contributed by atoms with Crippen LogP contribution in [0.15, 0.2) is 36.5 Å². The van der Waals surface area contributed by atoms with E-state index in [0.717, 1.165) is 36.1 Å². The third-order valence-corrected chi connectivity index (χ3v) is 4.77. The van der Waals surface area contributed by atoms with Crippen molar-refractivity contribution in [3.05, 3.63) is 47.8 Å². The number of ether oxygens (including phenoxy) is 1. The fourth-order valence-electron chi connectivity index (χ4n) is 3.13. The van der Waals surface area contributed by atoms with Crippen LogP contribution in [0.5, 0.6) is 0 Å². The summed E-state index contributed by atoms with van der Waals surface area (Å²) in [7, 11) is 1.34. The van der Waals surface area contributed by atoms with Gasteiger partial charge in [0.1, 0.15) is 0 Å². The zero-order valence-corrected chi connectivity index (χ0v) is 15.0. The first-order chi connectivity index (χ1) is 12.5. The van der Waals surface area contributed by atoms with Crippen molar-refractivity contribution in [1.82, 2.24) is 4.98 Å². The van der Waals surface area contributed by atoms with E-state index in [2.05, 4.69) is 10.3 Å². The van der Waals surface area contributed by atoms with Crippen LogP contribution in [-0.4, -0.2) is 24.0 Å². The highest BCUT2D eigenvalue weighted by atomic mass is 16.5. The maximum Gasteiger partial charge on any atom is 0.337 e. The lowest BCUT2D eigenvalue weighted by Crippen LogP contribution is -2.22. The summed E-state index contributed by atoms with van der Waals surface area (Å²) < 4.78 is 4.82. The highest BCUT2D eigenvalue weighted by Gasteiger charge is 2.20. The number of pyridine rings is 1. The Morgan fingerprint density at radius 1 is 1.27 bits per heavy atom. The molecule has 0 radical (unpaired) electrons. The molecule has 2 atom stereocenters. The van der Waals surface area contributed by atoms with Crippen LogP contribution in [0.2, 0.25) is 0 Å². The van der Waals surface area contributed by atoms with Crippen LogP contribution in [0, 0.1) is 5.92 Å². The van der Waals surface area contributed by atoms with E-state index in [1.54, 1.807) is 24.4 Å². The molecular weight excluding hydrogens is 330 g/mol. The van der Waals surface area contributed by atoms with Crippen LogP contribution >= 0.6 is 0 Å². The van der Waals surface area contributed by atoms with Crippen molar-refractivity contribution in [2.75, 3.05) is 12.4 Å². The van der Waals surface area contributed by atoms with E-state index >= 15 is 0 Å². The monoisotopic (exact) mass is 353 g/mol. The number of nitrogens with two attached hydrogens (primary N) is 1. The Labute approximate surface area is 152 Å². The summed E-state index contributed by atoms with van der Waals surface area (Å²) in [5, 5.41) is 2.99. The zero-order chi connectivity index (χ0) is 18.7. The van der Waals surface area contributed by atoms with Crippen molar-refractivity contribution in [2.45, 2.75) is 32.2 Å². The van der Waals surface area contributed by atoms with Gasteiger partial charge in [-0.05, 0) is 48.7 Å². The summed E-state index contributed by atoms with van der Waals surface area (Å²) in [5.41, 5.74) is 9.74. The molecule has 1 aliphatic heterocycles. The van der Waals surface area contributed by atoms with E-state index in [9.17, 15) is 9.59 Å². The van der Waals surface area contributed by atoms with Crippen LogP contribution in [0.4, 0.5) is 5.69 Å². The predicted octanol–water partition coefficient (Wildman–Crippen LogP) is 3.29. The topological polar surface area (TPSA) is 94.3 Å². The molecule has 2 unspecified atom stereocenters. The Morgan fingerprint density at radius 2 is 2.08 bits per heavy atom. The lowest BCUT2D eigenvalue weighted by molar-refractivity contribution is -0.119. The zero-order valence-electron chi connectivity index (χ0n) is 15.0. The summed E-state index contributed by atoms with van der Waals surface area (Å²) in [6, 6.07) is 8.69. The first-order valence-electron chi connectivity index (χ1n) is 8.74. The number of rotatable bonds is 1. The smallest absolute Gasteiger partial charge is 0.337 e. The number of nitrogens with zero attached hydrogens (tertiary/aromatic N) is 1. The van der Waals surface area contributed by atoms with Gasteiger partial charge in [0.05, 0.1) is 18.4 Å². The summed E-state index contributed by atoms with van der Waals surface area (Å²) in [5.74, 6) is -0.592. The van der Waals surface area contributed by atoms with Crippen LogP contribution in [0.3, 0.4) is 0 Å². The van der Waals surface area contributed by atoms with E-state index in [1.165, 1.54) is 7.11 Å². The number of hydrogen-bond donors (Lipinski definition) is 2. The first kappa shape index (κ1) is 18.1. The maximum absolute atomic E-state index is 12.5. The molecule has 3 rings (SSSR count). The van der Waals surface area contributed by atoms with Gasteiger partial charge in [-0.2, -0.15) is 0 Å². The third kappa shape index (κ3) is 3.75. The van der Waals surface area contributed by atoms with Crippen molar-refractivity contribution >= 4 is 17.6 Å². The Kier molecular flexibility index (Phi) is 5.32. The second-order valence-corrected chi connectivity index (χ2v) is 6.65. The van der Waals surface area contributed by atoms with E-state index in [1.807, 2.05) is 19.1 Å². The van der Waals surface area contributed by atoms with Gasteiger partial charge in [-0.15, -0.1) is 0 Å². The van der Waals surface area contributed by atoms with E-state index in [-0.39, 0.29) is 17.9 Å². The number of carbonyl (C=O) groups excluding carboxylic acids is 2. The van der Waals surface area contributed by atoms with Crippen molar-refractivity contribution in [1.29, 1.82) is 0 Å². The van der Waals surface area contributed by atoms with Crippen molar-refractivity contribution in [3.63, 3.8) is 0 Å². The van der Waals surface area contributed by atoms with Crippen molar-refractivity contribution in [3.8, 4) is 11.1 Å². The summed E-state index contributed by atoms with van der Waals surface area (Å²) in [4.78, 5) is 28.8. The molecule has 0 fully saturated rings. The average molecular weight is 353 g/mol. The predicted molar refractivity (Wildman–Crippen MR) is 99.6 cm³/mol. The molecule has 136 valence electrons. The minimum atomic E-state index is -0.426. The second-order valence-electron chi connectivity index (χ2n) is 6.65. The highest BCUT2D eigenvalue weighted by molar-refractivity contribution is 5.99. The number of anilines is 1. The molecule has 0 saturated heterocycles. The van der Waals surface area contributed by atoms with E-state index in [0.29, 0.717) is 11.3 Å². The number of esters is 1. The Morgan fingerprint density at radius 3 is 2.85 bits per heavy atom. The number of nitrogens with one attached hydrogen (secondary N) is 1.